The molecule has 0 aromatic carbocycles. The predicted molar refractivity (Wildman–Crippen MR) is 32.6 cm³/mol. The third kappa shape index (κ3) is 5.37. The molecule has 7 heavy (non-hydrogen) atoms. The molecule has 0 radical (unpaired) electrons. The Bertz CT molecular complexity index is 66.5. The topological polar surface area (TPSA) is 24.4 Å². The van der Waals surface area contributed by atoms with E-state index < -0.39 is 0 Å². The molecule has 0 fully saturated rings. The van der Waals surface area contributed by atoms with Crippen LogP contribution in [0.15, 0.2) is 17.8 Å². The summed E-state index contributed by atoms with van der Waals surface area (Å²) >= 11 is 0. The van der Waals surface area contributed by atoms with Crippen molar-refractivity contribution in [2.24, 2.45) is 4.99 Å². The minimum Gasteiger partial charge on any atom is -0.315 e. The fourth-order valence-corrected chi connectivity index (χ4v) is 0.219. The highest BCUT2D eigenvalue weighted by Gasteiger charge is 1.63. The lowest BCUT2D eigenvalue weighted by molar-refractivity contribution is 0.957. The fourth-order valence-electron chi connectivity index (χ4n) is 0.219. The van der Waals surface area contributed by atoms with Gasteiger partial charge in [0.2, 0.25) is 0 Å². The van der Waals surface area contributed by atoms with Crippen molar-refractivity contribution in [2.75, 3.05) is 13.6 Å². The number of aliphatic imine (C=N–C) groups is 1. The molecule has 0 saturated carbocycles. The van der Waals surface area contributed by atoms with Gasteiger partial charge in [-0.05, 0) is 7.05 Å². The molecular weight excluding hydrogens is 88.1 g/mol. The van der Waals surface area contributed by atoms with Gasteiger partial charge in [-0.1, -0.05) is 6.58 Å². The lowest BCUT2D eigenvalue weighted by atomic mass is 10.7. The quantitative estimate of drug-likeness (QED) is 0.508. The van der Waals surface area contributed by atoms with Crippen molar-refractivity contribution >= 4 is 6.21 Å². The Balaban J connectivity index is 2.92. The van der Waals surface area contributed by atoms with E-state index in [0.29, 0.717) is 0 Å². The number of hydrogen-bond acceptors (Lipinski definition) is 2. The van der Waals surface area contributed by atoms with Gasteiger partial charge in [0.25, 0.3) is 0 Å². The lowest BCUT2D eigenvalue weighted by Crippen LogP contribution is -2.07. The van der Waals surface area contributed by atoms with Crippen molar-refractivity contribution in [1.82, 2.24) is 5.32 Å². The van der Waals surface area contributed by atoms with E-state index in [1.807, 2.05) is 7.05 Å². The van der Waals surface area contributed by atoms with Crippen molar-refractivity contribution in [2.45, 2.75) is 0 Å². The van der Waals surface area contributed by atoms with Crippen LogP contribution in [0.3, 0.4) is 0 Å². The van der Waals surface area contributed by atoms with E-state index >= 15 is 0 Å². The molecule has 2 nitrogen and oxygen atoms in total. The number of nitrogens with one attached hydrogen (secondary N) is 1. The zero-order valence-electron chi connectivity index (χ0n) is 4.52. The van der Waals surface area contributed by atoms with Gasteiger partial charge in [-0.3, -0.25) is 4.99 Å². The van der Waals surface area contributed by atoms with Crippen LogP contribution in [0.2, 0.25) is 0 Å². The molecule has 0 aromatic heterocycles. The highest BCUT2D eigenvalue weighted by atomic mass is 14.8. The maximum atomic E-state index is 3.74. The Morgan fingerprint density at radius 2 is 2.57 bits per heavy atom. The average molecular weight is 98.1 g/mol. The van der Waals surface area contributed by atoms with Crippen LogP contribution < -0.4 is 5.32 Å². The van der Waals surface area contributed by atoms with Crippen LogP contribution in [0.1, 0.15) is 0 Å². The van der Waals surface area contributed by atoms with Crippen LogP contribution in [-0.4, -0.2) is 19.8 Å². The maximum Gasteiger partial charge on any atom is 0.0306 e. The molecule has 0 aromatic rings. The van der Waals surface area contributed by atoms with E-state index in [9.17, 15) is 0 Å². The van der Waals surface area contributed by atoms with Crippen LogP contribution in [0.25, 0.3) is 0 Å². The molecule has 0 heterocycles. The molecule has 0 rings (SSSR count). The van der Waals surface area contributed by atoms with E-state index in [2.05, 4.69) is 16.9 Å². The number of hydrogen-bond donors (Lipinski definition) is 1. The molecule has 0 spiro atoms. The Morgan fingerprint density at radius 3 is 3.00 bits per heavy atom. The molecule has 0 unspecified atom stereocenters. The summed E-state index contributed by atoms with van der Waals surface area (Å²) in [5, 5.41) is 2.91. The second kappa shape index (κ2) is 5.37. The number of rotatable bonds is 3. The van der Waals surface area contributed by atoms with Gasteiger partial charge < -0.3 is 5.32 Å². The van der Waals surface area contributed by atoms with E-state index in [4.69, 9.17) is 0 Å². The van der Waals surface area contributed by atoms with Gasteiger partial charge in [0.05, 0.1) is 0 Å². The predicted octanol–water partition coefficient (Wildman–Crippen LogP) is 0.420. The molecule has 0 bridgehead atoms. The van der Waals surface area contributed by atoms with Gasteiger partial charge >= 0.3 is 0 Å². The molecule has 0 amide bonds. The van der Waals surface area contributed by atoms with Crippen LogP contribution in [0.5, 0.6) is 0 Å². The SMILES string of the molecule is C=CN=CCNC. The standard InChI is InChI=1S/C5H10N2/c1-3-7-5-4-6-2/h3,5-6H,1,4H2,2H3. The molecular formula is C5H10N2. The van der Waals surface area contributed by atoms with Gasteiger partial charge in [0.15, 0.2) is 0 Å². The van der Waals surface area contributed by atoms with Crippen LogP contribution >= 0.6 is 0 Å². The summed E-state index contributed by atoms with van der Waals surface area (Å²) < 4.78 is 0. The first kappa shape index (κ1) is 6.37. The van der Waals surface area contributed by atoms with E-state index in [0.717, 1.165) is 6.54 Å². The smallest absolute Gasteiger partial charge is 0.0306 e. The van der Waals surface area contributed by atoms with E-state index in [-0.39, 0.29) is 0 Å². The van der Waals surface area contributed by atoms with Crippen molar-refractivity contribution in [3.63, 3.8) is 0 Å². The third-order valence-corrected chi connectivity index (χ3v) is 0.506. The van der Waals surface area contributed by atoms with Gasteiger partial charge in [0, 0.05) is 19.0 Å². The van der Waals surface area contributed by atoms with Crippen LogP contribution in [-0.2, 0) is 0 Å². The van der Waals surface area contributed by atoms with Crippen LogP contribution in [0.4, 0.5) is 0 Å². The first-order valence-electron chi connectivity index (χ1n) is 2.19. The Kier molecular flexibility index (Phi) is 4.89. The van der Waals surface area contributed by atoms with Crippen molar-refractivity contribution in [1.29, 1.82) is 0 Å². The molecule has 0 aliphatic rings. The molecule has 0 atom stereocenters. The normalized spacial score (nSPS) is 9.86. The minimum atomic E-state index is 0.812. The van der Waals surface area contributed by atoms with Crippen molar-refractivity contribution in [3.05, 3.63) is 12.8 Å². The first-order valence-corrected chi connectivity index (χ1v) is 2.19. The van der Waals surface area contributed by atoms with Crippen molar-refractivity contribution < 1.29 is 0 Å². The van der Waals surface area contributed by atoms with Gasteiger partial charge in [-0.15, -0.1) is 0 Å². The molecule has 2 heteroatoms. The monoisotopic (exact) mass is 98.1 g/mol. The second-order valence-electron chi connectivity index (χ2n) is 1.07. The lowest BCUT2D eigenvalue weighted by Gasteiger charge is -1.81. The zero-order chi connectivity index (χ0) is 5.54. The molecule has 0 aliphatic carbocycles. The maximum absolute atomic E-state index is 3.74. The summed E-state index contributed by atoms with van der Waals surface area (Å²) in [4.78, 5) is 3.74. The largest absolute Gasteiger partial charge is 0.315 e. The summed E-state index contributed by atoms with van der Waals surface area (Å²) in [6, 6.07) is 0. The molecule has 0 aliphatic heterocycles. The van der Waals surface area contributed by atoms with Gasteiger partial charge in [-0.2, -0.15) is 0 Å². The number of nitrogens with zero attached hydrogens (tertiary/aromatic N) is 1. The Labute approximate surface area is 44.0 Å². The highest BCUT2D eigenvalue weighted by Crippen LogP contribution is 1.59. The average Bonchev–Trinajstić information content (AvgIpc) is 1.69. The molecule has 40 valence electrons. The third-order valence-electron chi connectivity index (χ3n) is 0.506. The summed E-state index contributed by atoms with van der Waals surface area (Å²) in [5.41, 5.74) is 0. The summed E-state index contributed by atoms with van der Waals surface area (Å²) in [5.74, 6) is 0. The second-order valence-corrected chi connectivity index (χ2v) is 1.07. The Morgan fingerprint density at radius 1 is 1.86 bits per heavy atom. The highest BCUT2D eigenvalue weighted by molar-refractivity contribution is 5.60. The molecule has 0 saturated heterocycles. The fraction of sp³-hybridized carbons (Fsp3) is 0.400. The van der Waals surface area contributed by atoms with Crippen molar-refractivity contribution in [3.8, 4) is 0 Å². The summed E-state index contributed by atoms with van der Waals surface area (Å²) in [6.07, 6.45) is 3.27. The first-order chi connectivity index (χ1) is 3.41. The summed E-state index contributed by atoms with van der Waals surface area (Å²) in [7, 11) is 1.87. The minimum absolute atomic E-state index is 0.812. The van der Waals surface area contributed by atoms with Gasteiger partial charge in [-0.25, -0.2) is 0 Å². The Hall–Kier alpha value is -0.630. The van der Waals surface area contributed by atoms with E-state index in [1.165, 1.54) is 6.20 Å². The summed E-state index contributed by atoms with van der Waals surface area (Å²) in [6.45, 7) is 4.22. The molecule has 1 N–H and O–H groups in total. The van der Waals surface area contributed by atoms with E-state index in [1.54, 1.807) is 6.21 Å². The van der Waals surface area contributed by atoms with Crippen LogP contribution in [0, 0.1) is 0 Å². The van der Waals surface area contributed by atoms with Gasteiger partial charge in [0.1, 0.15) is 0 Å². The zero-order valence-corrected chi connectivity index (χ0v) is 4.52.